The van der Waals surface area contributed by atoms with Crippen LogP contribution in [0.1, 0.15) is 0 Å². The average Bonchev–Trinajstić information content (AvgIpc) is 3.21. The first-order chi connectivity index (χ1) is 25.3. The van der Waals surface area contributed by atoms with E-state index in [4.69, 9.17) is 0 Å². The van der Waals surface area contributed by atoms with Gasteiger partial charge in [-0.2, -0.15) is 0 Å². The SMILES string of the molecule is c1ccc(-c2cccc(N(c3ccc(-c4cc5ccccc5c5ccc6ccccc6c45)cc3)c3ccc4ccc5ccccc5c4c3)c2)cc1. The molecule has 0 bridgehead atoms. The summed E-state index contributed by atoms with van der Waals surface area (Å²) in [5.74, 6) is 0. The molecule has 0 saturated heterocycles. The molecule has 0 amide bonds. The van der Waals surface area contributed by atoms with Gasteiger partial charge < -0.3 is 4.90 Å². The Hall–Kier alpha value is -6.70. The Balaban J connectivity index is 1.17. The Morgan fingerprint density at radius 2 is 0.804 bits per heavy atom. The lowest BCUT2D eigenvalue weighted by Crippen LogP contribution is -2.10. The molecule has 0 aromatic heterocycles. The van der Waals surface area contributed by atoms with Gasteiger partial charge in [0.05, 0.1) is 0 Å². The molecule has 0 atom stereocenters. The van der Waals surface area contributed by atoms with Gasteiger partial charge in [0, 0.05) is 17.1 Å². The topological polar surface area (TPSA) is 3.24 Å². The molecule has 0 fully saturated rings. The molecule has 10 aromatic rings. The van der Waals surface area contributed by atoms with E-state index in [1.807, 2.05) is 0 Å². The van der Waals surface area contributed by atoms with Crippen molar-refractivity contribution in [3.05, 3.63) is 200 Å². The highest BCUT2D eigenvalue weighted by Gasteiger charge is 2.17. The first kappa shape index (κ1) is 29.2. The number of nitrogens with zero attached hydrogens (tertiary/aromatic N) is 1. The Kier molecular flexibility index (Phi) is 6.89. The molecule has 0 N–H and O–H groups in total. The molecule has 0 spiro atoms. The molecule has 1 nitrogen and oxygen atoms in total. The van der Waals surface area contributed by atoms with Crippen molar-refractivity contribution in [1.82, 2.24) is 0 Å². The van der Waals surface area contributed by atoms with Gasteiger partial charge in [-0.15, -0.1) is 0 Å². The van der Waals surface area contributed by atoms with Crippen LogP contribution in [0.3, 0.4) is 0 Å². The van der Waals surface area contributed by atoms with Crippen molar-refractivity contribution in [1.29, 1.82) is 0 Å². The second-order valence-corrected chi connectivity index (χ2v) is 13.3. The Bertz CT molecular complexity index is 2900. The predicted octanol–water partition coefficient (Wildman–Crippen LogP) is 14.3. The number of hydrogen-bond donors (Lipinski definition) is 0. The van der Waals surface area contributed by atoms with Crippen LogP contribution in [0, 0.1) is 0 Å². The summed E-state index contributed by atoms with van der Waals surface area (Å²) in [6.45, 7) is 0. The van der Waals surface area contributed by atoms with Crippen molar-refractivity contribution >= 4 is 70.9 Å². The monoisotopic (exact) mass is 647 g/mol. The molecular weight excluding hydrogens is 615 g/mol. The van der Waals surface area contributed by atoms with Crippen LogP contribution in [0.4, 0.5) is 17.1 Å². The number of anilines is 3. The van der Waals surface area contributed by atoms with Gasteiger partial charge in [0.1, 0.15) is 0 Å². The van der Waals surface area contributed by atoms with E-state index < -0.39 is 0 Å². The summed E-state index contributed by atoms with van der Waals surface area (Å²) in [4.78, 5) is 2.39. The molecule has 238 valence electrons. The van der Waals surface area contributed by atoms with Crippen molar-refractivity contribution in [2.24, 2.45) is 0 Å². The molecule has 0 aliphatic carbocycles. The molecule has 51 heavy (non-hydrogen) atoms. The zero-order valence-corrected chi connectivity index (χ0v) is 28.0. The summed E-state index contributed by atoms with van der Waals surface area (Å²) in [6, 6.07) is 73.1. The van der Waals surface area contributed by atoms with Crippen molar-refractivity contribution < 1.29 is 0 Å². The Morgan fingerprint density at radius 3 is 1.59 bits per heavy atom. The zero-order chi connectivity index (χ0) is 33.7. The van der Waals surface area contributed by atoms with Crippen LogP contribution in [-0.4, -0.2) is 0 Å². The fraction of sp³-hybridized carbons (Fsp3) is 0. The van der Waals surface area contributed by atoms with E-state index in [1.54, 1.807) is 0 Å². The predicted molar refractivity (Wildman–Crippen MR) is 220 cm³/mol. The van der Waals surface area contributed by atoms with Gasteiger partial charge in [-0.3, -0.25) is 0 Å². The third kappa shape index (κ3) is 5.02. The van der Waals surface area contributed by atoms with Gasteiger partial charge in [-0.1, -0.05) is 158 Å². The Morgan fingerprint density at radius 1 is 0.255 bits per heavy atom. The fourth-order valence-electron chi connectivity index (χ4n) is 7.93. The maximum Gasteiger partial charge on any atom is 0.0468 e. The molecule has 0 saturated carbocycles. The largest absolute Gasteiger partial charge is 0.310 e. The van der Waals surface area contributed by atoms with Crippen molar-refractivity contribution in [3.8, 4) is 22.3 Å². The van der Waals surface area contributed by atoms with Gasteiger partial charge in [0.15, 0.2) is 0 Å². The molecule has 10 rings (SSSR count). The molecule has 1 heteroatoms. The van der Waals surface area contributed by atoms with Gasteiger partial charge >= 0.3 is 0 Å². The maximum atomic E-state index is 2.39. The van der Waals surface area contributed by atoms with Crippen LogP contribution in [0.5, 0.6) is 0 Å². The second-order valence-electron chi connectivity index (χ2n) is 13.3. The molecule has 0 aliphatic rings. The first-order valence-electron chi connectivity index (χ1n) is 17.6. The summed E-state index contributed by atoms with van der Waals surface area (Å²) in [5, 5.41) is 12.7. The lowest BCUT2D eigenvalue weighted by molar-refractivity contribution is 1.29. The molecule has 0 unspecified atom stereocenters. The summed E-state index contributed by atoms with van der Waals surface area (Å²) < 4.78 is 0. The smallest absolute Gasteiger partial charge is 0.0468 e. The maximum absolute atomic E-state index is 2.39. The highest BCUT2D eigenvalue weighted by Crippen LogP contribution is 2.42. The standard InChI is InChI=1S/C50H33N/c1-2-11-34(12-3-1)39-16-10-17-42(31-39)51(43-29-25-37-22-21-35-13-4-7-18-44(35)48(37)33-43)41-27-23-38(24-28-41)49-32-40-15-6-8-19-45(40)47-30-26-36-14-5-9-20-46(36)50(47)49/h1-33H. The van der Waals surface area contributed by atoms with E-state index in [1.165, 1.54) is 76.1 Å². The summed E-state index contributed by atoms with van der Waals surface area (Å²) >= 11 is 0. The normalized spacial score (nSPS) is 11.5. The minimum atomic E-state index is 1.11. The fourth-order valence-corrected chi connectivity index (χ4v) is 7.93. The Labute approximate surface area is 297 Å². The summed E-state index contributed by atoms with van der Waals surface area (Å²) in [5.41, 5.74) is 8.20. The first-order valence-corrected chi connectivity index (χ1v) is 17.6. The van der Waals surface area contributed by atoms with Crippen molar-refractivity contribution in [2.45, 2.75) is 0 Å². The van der Waals surface area contributed by atoms with Crippen LogP contribution in [0.25, 0.3) is 76.1 Å². The number of rotatable bonds is 5. The highest BCUT2D eigenvalue weighted by atomic mass is 15.1. The number of benzene rings is 10. The second kappa shape index (κ2) is 12.0. The van der Waals surface area contributed by atoms with Crippen molar-refractivity contribution in [2.75, 3.05) is 4.90 Å². The molecular formula is C50H33N. The minimum absolute atomic E-state index is 1.11. The van der Waals surface area contributed by atoms with E-state index in [-0.39, 0.29) is 0 Å². The van der Waals surface area contributed by atoms with Crippen LogP contribution < -0.4 is 4.90 Å². The molecule has 0 aliphatic heterocycles. The molecule has 0 heterocycles. The van der Waals surface area contributed by atoms with Gasteiger partial charge in [-0.05, 0) is 119 Å². The van der Waals surface area contributed by atoms with E-state index in [2.05, 4.69) is 205 Å². The lowest BCUT2D eigenvalue weighted by Gasteiger charge is -2.27. The quantitative estimate of drug-likeness (QED) is 0.168. The van der Waals surface area contributed by atoms with E-state index in [9.17, 15) is 0 Å². The number of fused-ring (bicyclic) bond motifs is 8. The van der Waals surface area contributed by atoms with Gasteiger partial charge in [0.2, 0.25) is 0 Å². The lowest BCUT2D eigenvalue weighted by atomic mass is 9.90. The summed E-state index contributed by atoms with van der Waals surface area (Å²) in [7, 11) is 0. The van der Waals surface area contributed by atoms with E-state index in [0.29, 0.717) is 0 Å². The average molecular weight is 648 g/mol. The minimum Gasteiger partial charge on any atom is -0.310 e. The zero-order valence-electron chi connectivity index (χ0n) is 28.0. The number of hydrogen-bond acceptors (Lipinski definition) is 1. The third-order valence-corrected chi connectivity index (χ3v) is 10.4. The van der Waals surface area contributed by atoms with Crippen LogP contribution in [0.15, 0.2) is 200 Å². The summed E-state index contributed by atoms with van der Waals surface area (Å²) in [6.07, 6.45) is 0. The van der Waals surface area contributed by atoms with E-state index in [0.717, 1.165) is 17.1 Å². The third-order valence-electron chi connectivity index (χ3n) is 10.4. The van der Waals surface area contributed by atoms with Gasteiger partial charge in [0.25, 0.3) is 0 Å². The highest BCUT2D eigenvalue weighted by molar-refractivity contribution is 6.23. The molecule has 10 aromatic carbocycles. The van der Waals surface area contributed by atoms with E-state index >= 15 is 0 Å². The van der Waals surface area contributed by atoms with Crippen LogP contribution in [0.2, 0.25) is 0 Å². The van der Waals surface area contributed by atoms with Crippen LogP contribution in [-0.2, 0) is 0 Å². The van der Waals surface area contributed by atoms with Crippen molar-refractivity contribution in [3.63, 3.8) is 0 Å². The van der Waals surface area contributed by atoms with Crippen LogP contribution >= 0.6 is 0 Å². The molecule has 0 radical (unpaired) electrons. The van der Waals surface area contributed by atoms with Gasteiger partial charge in [-0.25, -0.2) is 0 Å².